The van der Waals surface area contributed by atoms with Crippen LogP contribution in [0.1, 0.15) is 44.0 Å². The number of pyridine rings is 1. The van der Waals surface area contributed by atoms with E-state index < -0.39 is 0 Å². The summed E-state index contributed by atoms with van der Waals surface area (Å²) in [7, 11) is 0. The van der Waals surface area contributed by atoms with Gasteiger partial charge in [-0.05, 0) is 24.5 Å². The molecule has 1 heterocycles. The van der Waals surface area contributed by atoms with Gasteiger partial charge in [-0.15, -0.1) is 0 Å². The van der Waals surface area contributed by atoms with Gasteiger partial charge in [-0.25, -0.2) is 0 Å². The van der Waals surface area contributed by atoms with Gasteiger partial charge in [-0.3, -0.25) is 4.98 Å². The van der Waals surface area contributed by atoms with Gasteiger partial charge in [0.1, 0.15) is 0 Å². The van der Waals surface area contributed by atoms with Gasteiger partial charge in [0.2, 0.25) is 0 Å². The molecule has 72 valence electrons. The molecule has 0 amide bonds. The molecule has 1 aromatic rings. The van der Waals surface area contributed by atoms with E-state index >= 15 is 0 Å². The third-order valence-electron chi connectivity index (χ3n) is 2.26. The summed E-state index contributed by atoms with van der Waals surface area (Å²) in [5, 5.41) is 0. The first-order valence-corrected chi connectivity index (χ1v) is 4.99. The maximum absolute atomic E-state index is 6.02. The van der Waals surface area contributed by atoms with Gasteiger partial charge in [0.15, 0.2) is 0 Å². The van der Waals surface area contributed by atoms with Crippen molar-refractivity contribution in [2.24, 2.45) is 5.73 Å². The summed E-state index contributed by atoms with van der Waals surface area (Å²) < 4.78 is 0. The minimum absolute atomic E-state index is 0.112. The first-order chi connectivity index (χ1) is 6.29. The number of aromatic nitrogens is 1. The monoisotopic (exact) mass is 178 g/mol. The number of hydrogen-bond acceptors (Lipinski definition) is 2. The van der Waals surface area contributed by atoms with Crippen molar-refractivity contribution in [3.63, 3.8) is 0 Å². The molecular formula is C11H18N2. The Balaban J connectivity index is 2.85. The molecule has 0 spiro atoms. The maximum Gasteiger partial charge on any atom is 0.0602 e. The highest BCUT2D eigenvalue weighted by molar-refractivity contribution is 5.22. The van der Waals surface area contributed by atoms with Crippen LogP contribution in [0.25, 0.3) is 0 Å². The molecule has 0 aliphatic rings. The third kappa shape index (κ3) is 2.52. The van der Waals surface area contributed by atoms with Crippen molar-refractivity contribution in [2.75, 3.05) is 0 Å². The topological polar surface area (TPSA) is 38.9 Å². The zero-order valence-corrected chi connectivity index (χ0v) is 8.46. The lowest BCUT2D eigenvalue weighted by Crippen LogP contribution is -2.13. The fraction of sp³-hybridized carbons (Fsp3) is 0.545. The minimum atomic E-state index is 0.112. The average molecular weight is 178 g/mol. The molecular weight excluding hydrogens is 160 g/mol. The second kappa shape index (κ2) is 4.97. The van der Waals surface area contributed by atoms with Crippen LogP contribution in [0.2, 0.25) is 0 Å². The van der Waals surface area contributed by atoms with Gasteiger partial charge in [0.25, 0.3) is 0 Å². The van der Waals surface area contributed by atoms with Gasteiger partial charge in [-0.2, -0.15) is 0 Å². The van der Waals surface area contributed by atoms with Gasteiger partial charge < -0.3 is 5.73 Å². The quantitative estimate of drug-likeness (QED) is 0.769. The van der Waals surface area contributed by atoms with E-state index in [9.17, 15) is 0 Å². The van der Waals surface area contributed by atoms with Crippen molar-refractivity contribution in [3.05, 3.63) is 29.6 Å². The molecule has 2 nitrogen and oxygen atoms in total. The highest BCUT2D eigenvalue weighted by Gasteiger charge is 2.09. The lowest BCUT2D eigenvalue weighted by atomic mass is 10.0. The Labute approximate surface area is 80.2 Å². The second-order valence-electron chi connectivity index (χ2n) is 3.30. The molecule has 0 radical (unpaired) electrons. The van der Waals surface area contributed by atoms with E-state index in [1.807, 2.05) is 12.3 Å². The van der Waals surface area contributed by atoms with Gasteiger partial charge in [-0.1, -0.05) is 26.3 Å². The third-order valence-corrected chi connectivity index (χ3v) is 2.26. The standard InChI is InChI=1S/C11H18N2/c1-3-6-10(12)11-9(4-2)7-5-8-13-11/h5,7-8,10H,3-4,6,12H2,1-2H3. The molecule has 0 saturated carbocycles. The molecule has 0 saturated heterocycles. The molecule has 0 fully saturated rings. The Kier molecular flexibility index (Phi) is 3.90. The summed E-state index contributed by atoms with van der Waals surface area (Å²) in [4.78, 5) is 4.34. The van der Waals surface area contributed by atoms with Crippen molar-refractivity contribution in [2.45, 2.75) is 39.2 Å². The average Bonchev–Trinajstić information content (AvgIpc) is 2.18. The normalized spacial score (nSPS) is 12.8. The Morgan fingerprint density at radius 3 is 2.85 bits per heavy atom. The number of rotatable bonds is 4. The molecule has 2 N–H and O–H groups in total. The molecule has 0 aliphatic carbocycles. The fourth-order valence-corrected chi connectivity index (χ4v) is 1.53. The van der Waals surface area contributed by atoms with Crippen LogP contribution in [0.5, 0.6) is 0 Å². The zero-order valence-electron chi connectivity index (χ0n) is 8.46. The molecule has 2 heteroatoms. The Morgan fingerprint density at radius 2 is 2.23 bits per heavy atom. The Bertz CT molecular complexity index is 258. The molecule has 1 atom stereocenters. The van der Waals surface area contributed by atoms with Crippen molar-refractivity contribution >= 4 is 0 Å². The second-order valence-corrected chi connectivity index (χ2v) is 3.30. The number of nitrogens with two attached hydrogens (primary N) is 1. The van der Waals surface area contributed by atoms with Crippen LogP contribution in [-0.2, 0) is 6.42 Å². The predicted molar refractivity (Wildman–Crippen MR) is 55.5 cm³/mol. The summed E-state index contributed by atoms with van der Waals surface area (Å²) in [6.07, 6.45) is 4.97. The lowest BCUT2D eigenvalue weighted by molar-refractivity contribution is 0.615. The van der Waals surface area contributed by atoms with Crippen LogP contribution in [0, 0.1) is 0 Å². The van der Waals surface area contributed by atoms with Gasteiger partial charge in [0.05, 0.1) is 5.69 Å². The SMILES string of the molecule is CCCC(N)c1ncccc1CC. The molecule has 1 aromatic heterocycles. The van der Waals surface area contributed by atoms with E-state index in [4.69, 9.17) is 5.73 Å². The first kappa shape index (κ1) is 10.2. The number of aryl methyl sites for hydroxylation is 1. The smallest absolute Gasteiger partial charge is 0.0602 e. The van der Waals surface area contributed by atoms with E-state index in [2.05, 4.69) is 24.9 Å². The van der Waals surface area contributed by atoms with Crippen LogP contribution in [-0.4, -0.2) is 4.98 Å². The minimum Gasteiger partial charge on any atom is -0.323 e. The maximum atomic E-state index is 6.02. The predicted octanol–water partition coefficient (Wildman–Crippen LogP) is 2.44. The summed E-state index contributed by atoms with van der Waals surface area (Å²) in [6, 6.07) is 4.19. The van der Waals surface area contributed by atoms with Crippen molar-refractivity contribution in [3.8, 4) is 0 Å². The molecule has 1 rings (SSSR count). The summed E-state index contributed by atoms with van der Waals surface area (Å²) >= 11 is 0. The number of hydrogen-bond donors (Lipinski definition) is 1. The van der Waals surface area contributed by atoms with Crippen LogP contribution in [0.4, 0.5) is 0 Å². The van der Waals surface area contributed by atoms with Crippen LogP contribution < -0.4 is 5.73 Å². The molecule has 1 unspecified atom stereocenters. The number of nitrogens with zero attached hydrogens (tertiary/aromatic N) is 1. The summed E-state index contributed by atoms with van der Waals surface area (Å²) in [6.45, 7) is 4.29. The van der Waals surface area contributed by atoms with E-state index in [1.165, 1.54) is 5.56 Å². The zero-order chi connectivity index (χ0) is 9.68. The first-order valence-electron chi connectivity index (χ1n) is 4.99. The highest BCUT2D eigenvalue weighted by Crippen LogP contribution is 2.17. The summed E-state index contributed by atoms with van der Waals surface area (Å²) in [5.41, 5.74) is 8.38. The van der Waals surface area contributed by atoms with Crippen molar-refractivity contribution in [1.82, 2.24) is 4.98 Å². The van der Waals surface area contributed by atoms with Crippen LogP contribution >= 0.6 is 0 Å². The van der Waals surface area contributed by atoms with E-state index in [0.29, 0.717) is 0 Å². The Hall–Kier alpha value is -0.890. The summed E-state index contributed by atoms with van der Waals surface area (Å²) in [5.74, 6) is 0. The van der Waals surface area contributed by atoms with Crippen molar-refractivity contribution in [1.29, 1.82) is 0 Å². The van der Waals surface area contributed by atoms with E-state index in [-0.39, 0.29) is 6.04 Å². The van der Waals surface area contributed by atoms with Crippen LogP contribution in [0.3, 0.4) is 0 Å². The highest BCUT2D eigenvalue weighted by atomic mass is 14.8. The Morgan fingerprint density at radius 1 is 1.46 bits per heavy atom. The fourth-order valence-electron chi connectivity index (χ4n) is 1.53. The molecule has 0 aliphatic heterocycles. The van der Waals surface area contributed by atoms with E-state index in [1.54, 1.807) is 0 Å². The van der Waals surface area contributed by atoms with Gasteiger partial charge in [0, 0.05) is 12.2 Å². The van der Waals surface area contributed by atoms with E-state index in [0.717, 1.165) is 25.0 Å². The van der Waals surface area contributed by atoms with Gasteiger partial charge >= 0.3 is 0 Å². The lowest BCUT2D eigenvalue weighted by Gasteiger charge is -2.13. The van der Waals surface area contributed by atoms with Crippen LogP contribution in [0.15, 0.2) is 18.3 Å². The molecule has 0 bridgehead atoms. The molecule has 0 aromatic carbocycles. The largest absolute Gasteiger partial charge is 0.323 e. The molecule has 13 heavy (non-hydrogen) atoms. The van der Waals surface area contributed by atoms with Crippen molar-refractivity contribution < 1.29 is 0 Å².